The Morgan fingerprint density at radius 3 is 2.73 bits per heavy atom. The van der Waals surface area contributed by atoms with Crippen LogP contribution < -0.4 is 0 Å². The zero-order chi connectivity index (χ0) is 10.8. The minimum absolute atomic E-state index is 0.483. The monoisotopic (exact) mass is 314 g/mol. The molecule has 0 saturated heterocycles. The summed E-state index contributed by atoms with van der Waals surface area (Å²) in [5.41, 5.74) is 1.81. The van der Waals surface area contributed by atoms with Gasteiger partial charge in [0.1, 0.15) is 0 Å². The molecule has 0 amide bonds. The largest absolute Gasteiger partial charge is 0.389 e. The van der Waals surface area contributed by atoms with Crippen molar-refractivity contribution in [3.63, 3.8) is 0 Å². The third-order valence-corrected chi connectivity index (χ3v) is 2.74. The van der Waals surface area contributed by atoms with Crippen LogP contribution in [0.1, 0.15) is 18.6 Å². The number of aromatic nitrogens is 2. The lowest BCUT2D eigenvalue weighted by Gasteiger charge is -2.11. The van der Waals surface area contributed by atoms with Crippen LogP contribution in [-0.4, -0.2) is 14.9 Å². The van der Waals surface area contributed by atoms with E-state index in [1.807, 2.05) is 30.5 Å². The first-order chi connectivity index (χ1) is 7.18. The normalized spacial score (nSPS) is 12.7. The number of hydrogen-bond donors (Lipinski definition) is 1. The third-order valence-electron chi connectivity index (χ3n) is 2.18. The van der Waals surface area contributed by atoms with Crippen molar-refractivity contribution in [2.75, 3.05) is 0 Å². The highest BCUT2D eigenvalue weighted by atomic mass is 127. The van der Waals surface area contributed by atoms with Crippen molar-refractivity contribution in [3.05, 3.63) is 45.8 Å². The van der Waals surface area contributed by atoms with Crippen LogP contribution in [0.2, 0.25) is 0 Å². The molecular weight excluding hydrogens is 303 g/mol. The number of rotatable bonds is 2. The number of aliphatic hydroxyl groups is 1. The van der Waals surface area contributed by atoms with Gasteiger partial charge in [-0.15, -0.1) is 0 Å². The van der Waals surface area contributed by atoms with Gasteiger partial charge in [0.15, 0.2) is 0 Å². The first kappa shape index (κ1) is 10.6. The lowest BCUT2D eigenvalue weighted by molar-refractivity contribution is 0.199. The van der Waals surface area contributed by atoms with Gasteiger partial charge in [0.25, 0.3) is 0 Å². The summed E-state index contributed by atoms with van der Waals surface area (Å²) in [5, 5.41) is 13.9. The van der Waals surface area contributed by atoms with Crippen LogP contribution in [0.4, 0.5) is 0 Å². The van der Waals surface area contributed by atoms with Gasteiger partial charge in [0, 0.05) is 11.8 Å². The Kier molecular flexibility index (Phi) is 3.06. The molecule has 78 valence electrons. The fourth-order valence-corrected chi connectivity index (χ4v) is 1.87. The standard InChI is InChI=1S/C11H11IN2O/c1-8(15)10-4-2-3-5-11(10)14-7-9(12)6-13-14/h2-8,15H,1H3/t8-/m1/s1. The first-order valence-corrected chi connectivity index (χ1v) is 5.74. The highest BCUT2D eigenvalue weighted by Crippen LogP contribution is 2.21. The number of halogens is 1. The minimum atomic E-state index is -0.483. The van der Waals surface area contributed by atoms with E-state index in [1.54, 1.807) is 17.8 Å². The maximum Gasteiger partial charge on any atom is 0.0782 e. The highest BCUT2D eigenvalue weighted by molar-refractivity contribution is 14.1. The molecule has 1 aromatic carbocycles. The van der Waals surface area contributed by atoms with E-state index >= 15 is 0 Å². The average Bonchev–Trinajstić information content (AvgIpc) is 2.65. The molecular formula is C11H11IN2O. The Hall–Kier alpha value is -0.880. The van der Waals surface area contributed by atoms with E-state index in [4.69, 9.17) is 0 Å². The molecule has 0 radical (unpaired) electrons. The van der Waals surface area contributed by atoms with Gasteiger partial charge in [-0.25, -0.2) is 4.68 Å². The zero-order valence-corrected chi connectivity index (χ0v) is 10.4. The summed E-state index contributed by atoms with van der Waals surface area (Å²) in [5.74, 6) is 0. The molecule has 15 heavy (non-hydrogen) atoms. The van der Waals surface area contributed by atoms with Gasteiger partial charge in [-0.3, -0.25) is 0 Å². The van der Waals surface area contributed by atoms with E-state index in [2.05, 4.69) is 27.7 Å². The van der Waals surface area contributed by atoms with Gasteiger partial charge in [0.2, 0.25) is 0 Å². The second-order valence-electron chi connectivity index (χ2n) is 3.34. The Morgan fingerprint density at radius 2 is 2.13 bits per heavy atom. The van der Waals surface area contributed by atoms with Crippen LogP contribution in [-0.2, 0) is 0 Å². The molecule has 0 aliphatic carbocycles. The van der Waals surface area contributed by atoms with Crippen molar-refractivity contribution in [2.45, 2.75) is 13.0 Å². The van der Waals surface area contributed by atoms with Gasteiger partial charge in [-0.05, 0) is 35.6 Å². The topological polar surface area (TPSA) is 38.0 Å². The van der Waals surface area contributed by atoms with Crippen LogP contribution >= 0.6 is 22.6 Å². The van der Waals surface area contributed by atoms with Crippen molar-refractivity contribution < 1.29 is 5.11 Å². The van der Waals surface area contributed by atoms with E-state index in [9.17, 15) is 5.11 Å². The SMILES string of the molecule is C[C@@H](O)c1ccccc1-n1cc(I)cn1. The predicted octanol–water partition coefficient (Wildman–Crippen LogP) is 2.53. The van der Waals surface area contributed by atoms with Gasteiger partial charge in [0.05, 0.1) is 21.6 Å². The van der Waals surface area contributed by atoms with Gasteiger partial charge < -0.3 is 5.11 Å². The van der Waals surface area contributed by atoms with Crippen LogP contribution in [0.15, 0.2) is 36.7 Å². The van der Waals surface area contributed by atoms with Crippen molar-refractivity contribution in [1.82, 2.24) is 9.78 Å². The molecule has 0 aliphatic heterocycles. The molecule has 0 saturated carbocycles. The lowest BCUT2D eigenvalue weighted by atomic mass is 10.1. The summed E-state index contributed by atoms with van der Waals surface area (Å²) in [6, 6.07) is 7.72. The van der Waals surface area contributed by atoms with Gasteiger partial charge >= 0.3 is 0 Å². The Bertz CT molecular complexity index is 465. The minimum Gasteiger partial charge on any atom is -0.389 e. The summed E-state index contributed by atoms with van der Waals surface area (Å²) >= 11 is 2.21. The Morgan fingerprint density at radius 1 is 1.40 bits per heavy atom. The highest BCUT2D eigenvalue weighted by Gasteiger charge is 2.09. The number of hydrogen-bond acceptors (Lipinski definition) is 2. The molecule has 0 aliphatic rings. The Labute approximate surface area is 102 Å². The molecule has 2 rings (SSSR count). The molecule has 2 aromatic rings. The number of benzene rings is 1. The van der Waals surface area contributed by atoms with E-state index in [0.717, 1.165) is 14.8 Å². The fraction of sp³-hybridized carbons (Fsp3) is 0.182. The maximum atomic E-state index is 9.63. The van der Waals surface area contributed by atoms with Crippen LogP contribution in [0.25, 0.3) is 5.69 Å². The molecule has 1 aromatic heterocycles. The summed E-state index contributed by atoms with van der Waals surface area (Å²) in [6.45, 7) is 1.76. The third kappa shape index (κ3) is 2.21. The maximum absolute atomic E-state index is 9.63. The second kappa shape index (κ2) is 4.32. The molecule has 0 spiro atoms. The molecule has 1 heterocycles. The van der Waals surface area contributed by atoms with Crippen LogP contribution in [0.3, 0.4) is 0 Å². The summed E-state index contributed by atoms with van der Waals surface area (Å²) in [7, 11) is 0. The molecule has 1 atom stereocenters. The smallest absolute Gasteiger partial charge is 0.0782 e. The molecule has 3 nitrogen and oxygen atoms in total. The quantitative estimate of drug-likeness (QED) is 0.865. The first-order valence-electron chi connectivity index (χ1n) is 4.66. The predicted molar refractivity (Wildman–Crippen MR) is 66.9 cm³/mol. The van der Waals surface area contributed by atoms with Crippen LogP contribution in [0.5, 0.6) is 0 Å². The van der Waals surface area contributed by atoms with E-state index in [1.165, 1.54) is 0 Å². The molecule has 1 N–H and O–H groups in total. The average molecular weight is 314 g/mol. The summed E-state index contributed by atoms with van der Waals surface area (Å²) < 4.78 is 2.86. The fourth-order valence-electron chi connectivity index (χ4n) is 1.48. The van der Waals surface area contributed by atoms with E-state index in [-0.39, 0.29) is 0 Å². The van der Waals surface area contributed by atoms with Crippen molar-refractivity contribution >= 4 is 22.6 Å². The van der Waals surface area contributed by atoms with Gasteiger partial charge in [-0.1, -0.05) is 18.2 Å². The number of aliphatic hydroxyl groups excluding tert-OH is 1. The Balaban J connectivity index is 2.52. The number of nitrogens with zero attached hydrogens (tertiary/aromatic N) is 2. The molecule has 0 unspecified atom stereocenters. The zero-order valence-electron chi connectivity index (χ0n) is 8.26. The summed E-state index contributed by atoms with van der Waals surface area (Å²) in [6.07, 6.45) is 3.24. The van der Waals surface area contributed by atoms with Crippen molar-refractivity contribution in [3.8, 4) is 5.69 Å². The lowest BCUT2D eigenvalue weighted by Crippen LogP contribution is -2.02. The molecule has 0 fully saturated rings. The van der Waals surface area contributed by atoms with Gasteiger partial charge in [-0.2, -0.15) is 5.10 Å². The van der Waals surface area contributed by atoms with Crippen molar-refractivity contribution in [2.24, 2.45) is 0 Å². The molecule has 4 heteroatoms. The van der Waals surface area contributed by atoms with Crippen molar-refractivity contribution in [1.29, 1.82) is 0 Å². The molecule has 0 bridgehead atoms. The second-order valence-corrected chi connectivity index (χ2v) is 4.58. The summed E-state index contributed by atoms with van der Waals surface area (Å²) in [4.78, 5) is 0. The van der Waals surface area contributed by atoms with Crippen LogP contribution in [0, 0.1) is 3.57 Å². The van der Waals surface area contributed by atoms with E-state index < -0.39 is 6.10 Å². The number of para-hydroxylation sites is 1. The van der Waals surface area contributed by atoms with E-state index in [0.29, 0.717) is 0 Å².